The first-order valence-corrected chi connectivity index (χ1v) is 9.23. The van der Waals surface area contributed by atoms with Gasteiger partial charge in [-0.2, -0.15) is 0 Å². The lowest BCUT2D eigenvalue weighted by Gasteiger charge is -2.49. The summed E-state index contributed by atoms with van der Waals surface area (Å²) in [5.41, 5.74) is 5.31. The Morgan fingerprint density at radius 2 is 1.46 bits per heavy atom. The van der Waals surface area contributed by atoms with E-state index in [1.165, 1.54) is 48.1 Å². The predicted octanol–water partition coefficient (Wildman–Crippen LogP) is 4.97. The molecule has 0 N–H and O–H groups in total. The van der Waals surface area contributed by atoms with Gasteiger partial charge in [0.1, 0.15) is 6.10 Å². The second kappa shape index (κ2) is 6.70. The van der Waals surface area contributed by atoms with Crippen LogP contribution in [0.5, 0.6) is 0 Å². The van der Waals surface area contributed by atoms with Crippen molar-refractivity contribution >= 4 is 0 Å². The first kappa shape index (κ1) is 15.9. The van der Waals surface area contributed by atoms with Crippen LogP contribution in [0.2, 0.25) is 0 Å². The Hall–Kier alpha value is -1.64. The van der Waals surface area contributed by atoms with Gasteiger partial charge in [0.2, 0.25) is 0 Å². The molecule has 2 aliphatic heterocycles. The van der Waals surface area contributed by atoms with E-state index in [0.717, 1.165) is 6.61 Å². The van der Waals surface area contributed by atoms with Crippen molar-refractivity contribution in [2.24, 2.45) is 0 Å². The van der Waals surface area contributed by atoms with E-state index < -0.39 is 0 Å². The number of fused-ring (bicyclic) bond motifs is 1. The minimum absolute atomic E-state index is 0.127. The first-order valence-electron chi connectivity index (χ1n) is 9.23. The van der Waals surface area contributed by atoms with Crippen molar-refractivity contribution in [3.8, 4) is 0 Å². The van der Waals surface area contributed by atoms with Gasteiger partial charge >= 0.3 is 0 Å². The molecule has 2 nitrogen and oxygen atoms in total. The molecule has 0 spiro atoms. The fraction of sp³-hybridized carbons (Fsp3) is 0.455. The molecule has 0 bridgehead atoms. The van der Waals surface area contributed by atoms with Crippen molar-refractivity contribution in [3.63, 3.8) is 0 Å². The van der Waals surface area contributed by atoms with E-state index in [1.54, 1.807) is 0 Å². The van der Waals surface area contributed by atoms with Crippen LogP contribution in [0.4, 0.5) is 0 Å². The summed E-state index contributed by atoms with van der Waals surface area (Å²) in [6.45, 7) is 6.35. The van der Waals surface area contributed by atoms with Crippen molar-refractivity contribution in [3.05, 3.63) is 70.8 Å². The molecule has 2 fully saturated rings. The summed E-state index contributed by atoms with van der Waals surface area (Å²) < 4.78 is 6.43. The number of hydrogen-bond donors (Lipinski definition) is 0. The highest BCUT2D eigenvalue weighted by molar-refractivity contribution is 5.31. The number of aryl methyl sites for hydroxylation is 2. The van der Waals surface area contributed by atoms with Gasteiger partial charge in [0.05, 0.1) is 12.6 Å². The highest BCUT2D eigenvalue weighted by atomic mass is 16.5. The lowest BCUT2D eigenvalue weighted by atomic mass is 9.88. The van der Waals surface area contributed by atoms with Crippen LogP contribution in [0.3, 0.4) is 0 Å². The van der Waals surface area contributed by atoms with E-state index in [-0.39, 0.29) is 6.10 Å². The van der Waals surface area contributed by atoms with E-state index in [9.17, 15) is 0 Å². The predicted molar refractivity (Wildman–Crippen MR) is 98.1 cm³/mol. The molecule has 0 amide bonds. The fourth-order valence-electron chi connectivity index (χ4n) is 4.21. The summed E-state index contributed by atoms with van der Waals surface area (Å²) in [4.78, 5) is 2.71. The molecule has 126 valence electrons. The van der Waals surface area contributed by atoms with Gasteiger partial charge in [0.15, 0.2) is 0 Å². The Labute approximate surface area is 145 Å². The number of benzene rings is 2. The van der Waals surface area contributed by atoms with Crippen molar-refractivity contribution in [1.82, 2.24) is 4.90 Å². The van der Waals surface area contributed by atoms with Crippen LogP contribution in [0.1, 0.15) is 53.7 Å². The third-order valence-electron chi connectivity index (χ3n) is 5.61. The topological polar surface area (TPSA) is 12.5 Å². The minimum atomic E-state index is 0.127. The number of piperidine rings is 1. The molecule has 0 saturated carbocycles. The molecule has 0 aliphatic carbocycles. The van der Waals surface area contributed by atoms with Gasteiger partial charge in [-0.3, -0.25) is 4.90 Å². The highest BCUT2D eigenvalue weighted by Crippen LogP contribution is 2.43. The maximum atomic E-state index is 6.43. The SMILES string of the molecule is Cc1ccc(C2OCC3CCCCN3C2c2ccc(C)cc2)cc1. The summed E-state index contributed by atoms with van der Waals surface area (Å²) >= 11 is 0. The molecular weight excluding hydrogens is 294 g/mol. The van der Waals surface area contributed by atoms with Gasteiger partial charge < -0.3 is 4.74 Å². The summed E-state index contributed by atoms with van der Waals surface area (Å²) in [6.07, 6.45) is 4.03. The number of hydrogen-bond acceptors (Lipinski definition) is 2. The van der Waals surface area contributed by atoms with Crippen LogP contribution < -0.4 is 0 Å². The van der Waals surface area contributed by atoms with Gasteiger partial charge in [-0.15, -0.1) is 0 Å². The normalized spacial score (nSPS) is 27.7. The zero-order valence-corrected chi connectivity index (χ0v) is 14.7. The number of rotatable bonds is 2. The van der Waals surface area contributed by atoms with Crippen LogP contribution >= 0.6 is 0 Å². The molecule has 24 heavy (non-hydrogen) atoms. The van der Waals surface area contributed by atoms with Crippen LogP contribution in [-0.4, -0.2) is 24.1 Å². The largest absolute Gasteiger partial charge is 0.370 e. The molecule has 2 aromatic carbocycles. The number of nitrogens with zero attached hydrogens (tertiary/aromatic N) is 1. The maximum absolute atomic E-state index is 6.43. The zero-order valence-electron chi connectivity index (χ0n) is 14.7. The van der Waals surface area contributed by atoms with Gasteiger partial charge in [-0.25, -0.2) is 0 Å². The molecule has 3 atom stereocenters. The van der Waals surface area contributed by atoms with Gasteiger partial charge in [-0.1, -0.05) is 66.1 Å². The molecule has 2 aliphatic rings. The fourth-order valence-corrected chi connectivity index (χ4v) is 4.21. The molecule has 2 aromatic rings. The molecule has 0 aromatic heterocycles. The smallest absolute Gasteiger partial charge is 0.102 e. The lowest BCUT2D eigenvalue weighted by molar-refractivity contribution is -0.119. The standard InChI is InChI=1S/C22H27NO/c1-16-6-10-18(11-7-16)21-22(19-12-8-17(2)9-13-19)24-15-20-5-3-4-14-23(20)21/h6-13,20-22H,3-5,14-15H2,1-2H3. The molecule has 4 rings (SSSR count). The molecule has 0 radical (unpaired) electrons. The number of morpholine rings is 1. The Morgan fingerprint density at radius 3 is 2.12 bits per heavy atom. The summed E-state index contributed by atoms with van der Waals surface area (Å²) in [5.74, 6) is 0. The molecule has 2 heteroatoms. The first-order chi connectivity index (χ1) is 11.7. The van der Waals surface area contributed by atoms with Crippen molar-refractivity contribution < 1.29 is 4.74 Å². The van der Waals surface area contributed by atoms with Crippen molar-refractivity contribution in [2.75, 3.05) is 13.2 Å². The number of ether oxygens (including phenoxy) is 1. The molecular formula is C22H27NO. The Kier molecular flexibility index (Phi) is 4.43. The van der Waals surface area contributed by atoms with Crippen molar-refractivity contribution in [2.45, 2.75) is 51.3 Å². The summed E-state index contributed by atoms with van der Waals surface area (Å²) in [6, 6.07) is 18.8. The summed E-state index contributed by atoms with van der Waals surface area (Å²) in [7, 11) is 0. The van der Waals surface area contributed by atoms with Gasteiger partial charge in [0, 0.05) is 6.04 Å². The lowest BCUT2D eigenvalue weighted by Crippen LogP contribution is -2.50. The zero-order chi connectivity index (χ0) is 16.5. The van der Waals surface area contributed by atoms with E-state index in [0.29, 0.717) is 12.1 Å². The second-order valence-electron chi connectivity index (χ2n) is 7.41. The van der Waals surface area contributed by atoms with Gasteiger partial charge in [-0.05, 0) is 44.4 Å². The molecule has 2 saturated heterocycles. The third kappa shape index (κ3) is 3.01. The summed E-state index contributed by atoms with van der Waals surface area (Å²) in [5, 5.41) is 0. The molecule has 2 heterocycles. The van der Waals surface area contributed by atoms with Crippen LogP contribution in [0.15, 0.2) is 48.5 Å². The second-order valence-corrected chi connectivity index (χ2v) is 7.41. The average Bonchev–Trinajstić information content (AvgIpc) is 2.62. The monoisotopic (exact) mass is 321 g/mol. The highest BCUT2D eigenvalue weighted by Gasteiger charge is 2.40. The maximum Gasteiger partial charge on any atom is 0.102 e. The van der Waals surface area contributed by atoms with Gasteiger partial charge in [0.25, 0.3) is 0 Å². The quantitative estimate of drug-likeness (QED) is 0.774. The van der Waals surface area contributed by atoms with E-state index in [1.807, 2.05) is 0 Å². The Morgan fingerprint density at radius 1 is 0.833 bits per heavy atom. The van der Waals surface area contributed by atoms with Crippen LogP contribution in [0, 0.1) is 13.8 Å². The van der Waals surface area contributed by atoms with Crippen LogP contribution in [-0.2, 0) is 4.74 Å². The van der Waals surface area contributed by atoms with Crippen molar-refractivity contribution in [1.29, 1.82) is 0 Å². The average molecular weight is 321 g/mol. The third-order valence-corrected chi connectivity index (χ3v) is 5.61. The van der Waals surface area contributed by atoms with E-state index in [2.05, 4.69) is 67.3 Å². The Bertz CT molecular complexity index is 676. The van der Waals surface area contributed by atoms with Crippen LogP contribution in [0.25, 0.3) is 0 Å². The Balaban J connectivity index is 1.73. The minimum Gasteiger partial charge on any atom is -0.370 e. The van der Waals surface area contributed by atoms with E-state index in [4.69, 9.17) is 4.74 Å². The van der Waals surface area contributed by atoms with E-state index >= 15 is 0 Å². The molecule has 3 unspecified atom stereocenters.